The largest absolute Gasteiger partial charge is 0.361 e. The van der Waals surface area contributed by atoms with Crippen molar-refractivity contribution in [2.24, 2.45) is 0 Å². The number of hydrogen-bond donors (Lipinski definition) is 0. The van der Waals surface area contributed by atoms with Gasteiger partial charge < -0.3 is 9.09 Å². The molecule has 5 nitrogen and oxygen atoms in total. The molecule has 6 heteroatoms. The summed E-state index contributed by atoms with van der Waals surface area (Å²) in [5, 5.41) is 13.0. The molecule has 0 bridgehead atoms. The predicted molar refractivity (Wildman–Crippen MR) is 65.8 cm³/mol. The fourth-order valence-corrected chi connectivity index (χ4v) is 2.31. The van der Waals surface area contributed by atoms with E-state index in [2.05, 4.69) is 21.9 Å². The van der Waals surface area contributed by atoms with Crippen LogP contribution in [0.15, 0.2) is 28.4 Å². The smallest absolute Gasteiger partial charge is 0.191 e. The number of nitrogens with zero attached hydrogens (tertiary/aromatic N) is 4. The Hall–Kier alpha value is -1.56. The third kappa shape index (κ3) is 2.76. The average Bonchev–Trinajstić information content (AvgIpc) is 2.86. The molecule has 0 saturated heterocycles. The predicted octanol–water partition coefficient (Wildman–Crippen LogP) is 2.36. The molecular formula is C11H14N4OS. The van der Waals surface area contributed by atoms with Crippen molar-refractivity contribution in [1.29, 1.82) is 0 Å². The second-order valence-corrected chi connectivity index (χ2v) is 4.59. The summed E-state index contributed by atoms with van der Waals surface area (Å²) in [6.45, 7) is 8.26. The van der Waals surface area contributed by atoms with E-state index in [9.17, 15) is 0 Å². The molecule has 0 atom stereocenters. The molecule has 0 N–H and O–H groups in total. The van der Waals surface area contributed by atoms with E-state index in [1.54, 1.807) is 11.8 Å². The van der Waals surface area contributed by atoms with Gasteiger partial charge in [0.2, 0.25) is 0 Å². The van der Waals surface area contributed by atoms with Gasteiger partial charge in [-0.25, -0.2) is 0 Å². The summed E-state index contributed by atoms with van der Waals surface area (Å²) in [6.07, 6.45) is 1.83. The van der Waals surface area contributed by atoms with Crippen LogP contribution in [0.25, 0.3) is 0 Å². The van der Waals surface area contributed by atoms with Gasteiger partial charge in [-0.1, -0.05) is 23.0 Å². The lowest BCUT2D eigenvalue weighted by Gasteiger charge is -2.03. The number of rotatable bonds is 5. The van der Waals surface area contributed by atoms with E-state index < -0.39 is 0 Å². The maximum Gasteiger partial charge on any atom is 0.191 e. The fourth-order valence-electron chi connectivity index (χ4n) is 1.43. The zero-order valence-electron chi connectivity index (χ0n) is 9.88. The minimum absolute atomic E-state index is 0.721. The second kappa shape index (κ2) is 5.18. The van der Waals surface area contributed by atoms with Gasteiger partial charge in [-0.3, -0.25) is 0 Å². The summed E-state index contributed by atoms with van der Waals surface area (Å²) in [5.74, 6) is 2.44. The van der Waals surface area contributed by atoms with Crippen LogP contribution in [0.5, 0.6) is 0 Å². The molecule has 90 valence electrons. The number of allylic oxidation sites excluding steroid dienone is 1. The Morgan fingerprint density at radius 1 is 1.47 bits per heavy atom. The fraction of sp³-hybridized carbons (Fsp3) is 0.364. The Labute approximate surface area is 104 Å². The standard InChI is InChI=1S/C11H14N4OS/c1-4-5-15-9(3)12-13-11(15)17-7-10-6-8(2)16-14-10/h4,6H,1,5,7H2,2-3H3. The van der Waals surface area contributed by atoms with Gasteiger partial charge in [-0.2, -0.15) is 0 Å². The molecule has 2 heterocycles. The topological polar surface area (TPSA) is 56.7 Å². The molecule has 0 radical (unpaired) electrons. The molecular weight excluding hydrogens is 236 g/mol. The van der Waals surface area contributed by atoms with E-state index in [4.69, 9.17) is 4.52 Å². The van der Waals surface area contributed by atoms with E-state index in [1.165, 1.54) is 0 Å². The van der Waals surface area contributed by atoms with Gasteiger partial charge in [0.1, 0.15) is 11.6 Å². The maximum absolute atomic E-state index is 5.01. The second-order valence-electron chi connectivity index (χ2n) is 3.65. The maximum atomic E-state index is 5.01. The van der Waals surface area contributed by atoms with Gasteiger partial charge in [0.25, 0.3) is 0 Å². The van der Waals surface area contributed by atoms with Crippen LogP contribution < -0.4 is 0 Å². The highest BCUT2D eigenvalue weighted by molar-refractivity contribution is 7.98. The highest BCUT2D eigenvalue weighted by atomic mass is 32.2. The molecule has 0 aliphatic carbocycles. The van der Waals surface area contributed by atoms with E-state index in [0.29, 0.717) is 0 Å². The summed E-state index contributed by atoms with van der Waals surface area (Å²) < 4.78 is 7.03. The Balaban J connectivity index is 2.06. The third-order valence-corrected chi connectivity index (χ3v) is 3.24. The normalized spacial score (nSPS) is 10.7. The van der Waals surface area contributed by atoms with Crippen molar-refractivity contribution in [3.63, 3.8) is 0 Å². The molecule has 17 heavy (non-hydrogen) atoms. The Morgan fingerprint density at radius 3 is 2.94 bits per heavy atom. The molecule has 0 unspecified atom stereocenters. The van der Waals surface area contributed by atoms with Crippen molar-refractivity contribution < 1.29 is 4.52 Å². The average molecular weight is 250 g/mol. The zero-order valence-corrected chi connectivity index (χ0v) is 10.7. The Morgan fingerprint density at radius 2 is 2.29 bits per heavy atom. The highest BCUT2D eigenvalue weighted by Crippen LogP contribution is 2.21. The first-order valence-corrected chi connectivity index (χ1v) is 6.25. The minimum Gasteiger partial charge on any atom is -0.361 e. The lowest BCUT2D eigenvalue weighted by molar-refractivity contribution is 0.393. The van der Waals surface area contributed by atoms with Gasteiger partial charge >= 0.3 is 0 Å². The van der Waals surface area contributed by atoms with Crippen molar-refractivity contribution >= 4 is 11.8 Å². The van der Waals surface area contributed by atoms with Gasteiger partial charge in [0.15, 0.2) is 5.16 Å². The number of thioether (sulfide) groups is 1. The molecule has 0 aromatic carbocycles. The summed E-state index contributed by atoms with van der Waals surface area (Å²) in [5.41, 5.74) is 0.915. The van der Waals surface area contributed by atoms with Crippen LogP contribution in [0.2, 0.25) is 0 Å². The van der Waals surface area contributed by atoms with Crippen molar-refractivity contribution in [3.8, 4) is 0 Å². The van der Waals surface area contributed by atoms with Gasteiger partial charge in [0.05, 0.1) is 5.69 Å². The summed E-state index contributed by atoms with van der Waals surface area (Å²) in [7, 11) is 0. The molecule has 0 aliphatic heterocycles. The number of hydrogen-bond acceptors (Lipinski definition) is 5. The summed E-state index contributed by atoms with van der Waals surface area (Å²) in [6, 6.07) is 1.92. The minimum atomic E-state index is 0.721. The molecule has 0 aliphatic rings. The van der Waals surface area contributed by atoms with Crippen LogP contribution in [0.4, 0.5) is 0 Å². The van der Waals surface area contributed by atoms with Crippen LogP contribution in [-0.2, 0) is 12.3 Å². The van der Waals surface area contributed by atoms with Gasteiger partial charge in [-0.15, -0.1) is 16.8 Å². The lowest BCUT2D eigenvalue weighted by atomic mass is 10.4. The Bertz CT molecular complexity index is 517. The van der Waals surface area contributed by atoms with E-state index in [-0.39, 0.29) is 0 Å². The number of aromatic nitrogens is 4. The molecule has 2 rings (SSSR count). The number of aryl methyl sites for hydroxylation is 2. The monoisotopic (exact) mass is 250 g/mol. The molecule has 0 amide bonds. The molecule has 2 aromatic rings. The first-order valence-electron chi connectivity index (χ1n) is 5.26. The third-order valence-electron chi connectivity index (χ3n) is 2.24. The first-order chi connectivity index (χ1) is 8.20. The molecule has 0 saturated carbocycles. The quantitative estimate of drug-likeness (QED) is 0.602. The van der Waals surface area contributed by atoms with Crippen molar-refractivity contribution in [2.45, 2.75) is 31.3 Å². The van der Waals surface area contributed by atoms with Gasteiger partial charge in [0, 0.05) is 18.4 Å². The lowest BCUT2D eigenvalue weighted by Crippen LogP contribution is -2.00. The molecule has 2 aromatic heterocycles. The van der Waals surface area contributed by atoms with Crippen LogP contribution >= 0.6 is 11.8 Å². The zero-order chi connectivity index (χ0) is 12.3. The van der Waals surface area contributed by atoms with Crippen LogP contribution in [0, 0.1) is 13.8 Å². The summed E-state index contributed by atoms with van der Waals surface area (Å²) in [4.78, 5) is 0. The van der Waals surface area contributed by atoms with E-state index in [1.807, 2.05) is 30.6 Å². The molecule has 0 fully saturated rings. The summed E-state index contributed by atoms with van der Waals surface area (Å²) >= 11 is 1.59. The molecule has 0 spiro atoms. The van der Waals surface area contributed by atoms with E-state index >= 15 is 0 Å². The Kier molecular flexibility index (Phi) is 3.63. The van der Waals surface area contributed by atoms with Crippen LogP contribution in [-0.4, -0.2) is 19.9 Å². The van der Waals surface area contributed by atoms with Gasteiger partial charge in [-0.05, 0) is 13.8 Å². The van der Waals surface area contributed by atoms with Crippen LogP contribution in [0.1, 0.15) is 17.3 Å². The highest BCUT2D eigenvalue weighted by Gasteiger charge is 2.09. The van der Waals surface area contributed by atoms with Crippen LogP contribution in [0.3, 0.4) is 0 Å². The SMILES string of the molecule is C=CCn1c(C)nnc1SCc1cc(C)on1. The van der Waals surface area contributed by atoms with Crippen molar-refractivity contribution in [2.75, 3.05) is 0 Å². The van der Waals surface area contributed by atoms with E-state index in [0.717, 1.165) is 34.7 Å². The first kappa shape index (κ1) is 11.9. The van der Waals surface area contributed by atoms with Crippen molar-refractivity contribution in [3.05, 3.63) is 36.0 Å². The van der Waals surface area contributed by atoms with Crippen molar-refractivity contribution in [1.82, 2.24) is 19.9 Å².